The fraction of sp³-hybridized carbons (Fsp3) is 0.192. The zero-order valence-corrected chi connectivity index (χ0v) is 18.0. The highest BCUT2D eigenvalue weighted by Gasteiger charge is 2.25. The van der Waals surface area contributed by atoms with Gasteiger partial charge in [0.15, 0.2) is 0 Å². The third-order valence-corrected chi connectivity index (χ3v) is 5.65. The molecule has 0 spiro atoms. The molecule has 168 valence electrons. The Morgan fingerprint density at radius 1 is 0.727 bits per heavy atom. The van der Waals surface area contributed by atoms with E-state index in [-0.39, 0.29) is 29.6 Å². The molecule has 4 rings (SSSR count). The third-order valence-electron chi connectivity index (χ3n) is 5.65. The first kappa shape index (κ1) is 22.2. The van der Waals surface area contributed by atoms with E-state index in [1.165, 1.54) is 24.3 Å². The van der Waals surface area contributed by atoms with Crippen molar-refractivity contribution in [1.82, 2.24) is 10.2 Å². The number of nitrogens with zero attached hydrogens (tertiary/aromatic N) is 1. The average Bonchev–Trinajstić information content (AvgIpc) is 2.85. The number of hydrogen-bond acceptors (Lipinski definition) is 3. The van der Waals surface area contributed by atoms with E-state index < -0.39 is 0 Å². The molecule has 7 heteroatoms. The van der Waals surface area contributed by atoms with Gasteiger partial charge in [-0.25, -0.2) is 4.39 Å². The van der Waals surface area contributed by atoms with Gasteiger partial charge in [0.2, 0.25) is 0 Å². The van der Waals surface area contributed by atoms with Crippen molar-refractivity contribution in [1.29, 1.82) is 0 Å². The Hall–Kier alpha value is -4.00. The van der Waals surface area contributed by atoms with Crippen molar-refractivity contribution < 1.29 is 18.8 Å². The zero-order chi connectivity index (χ0) is 23.2. The lowest BCUT2D eigenvalue weighted by Crippen LogP contribution is -2.46. The molecule has 2 N–H and O–H groups in total. The first-order chi connectivity index (χ1) is 16.0. The molecule has 0 unspecified atom stereocenters. The number of piperidine rings is 1. The summed E-state index contributed by atoms with van der Waals surface area (Å²) >= 11 is 0. The van der Waals surface area contributed by atoms with Crippen LogP contribution in [0.2, 0.25) is 0 Å². The van der Waals surface area contributed by atoms with Crippen LogP contribution in [0.5, 0.6) is 0 Å². The van der Waals surface area contributed by atoms with Crippen LogP contribution in [-0.2, 0) is 0 Å². The number of rotatable bonds is 5. The van der Waals surface area contributed by atoms with Crippen LogP contribution < -0.4 is 10.6 Å². The molecular formula is C26H24FN3O3. The number of halogens is 1. The predicted octanol–water partition coefficient (Wildman–Crippen LogP) is 4.11. The van der Waals surface area contributed by atoms with E-state index in [2.05, 4.69) is 10.6 Å². The molecule has 3 aromatic rings. The smallest absolute Gasteiger partial charge is 0.255 e. The summed E-state index contributed by atoms with van der Waals surface area (Å²) in [4.78, 5) is 39.2. The molecule has 3 aromatic carbocycles. The van der Waals surface area contributed by atoms with Gasteiger partial charge in [0, 0.05) is 41.5 Å². The Kier molecular flexibility index (Phi) is 6.78. The number of benzene rings is 3. The molecule has 1 aliphatic heterocycles. The van der Waals surface area contributed by atoms with E-state index in [1.807, 2.05) is 6.07 Å². The molecule has 6 nitrogen and oxygen atoms in total. The van der Waals surface area contributed by atoms with Crippen LogP contribution in [-0.4, -0.2) is 41.8 Å². The Morgan fingerprint density at radius 3 is 1.94 bits per heavy atom. The summed E-state index contributed by atoms with van der Waals surface area (Å²) in [5.41, 5.74) is 2.13. The van der Waals surface area contributed by atoms with Crippen molar-refractivity contribution in [2.45, 2.75) is 18.9 Å². The Bertz CT molecular complexity index is 1120. The number of amides is 3. The second-order valence-electron chi connectivity index (χ2n) is 7.94. The Labute approximate surface area is 191 Å². The Morgan fingerprint density at radius 2 is 1.30 bits per heavy atom. The summed E-state index contributed by atoms with van der Waals surface area (Å²) in [7, 11) is 0. The van der Waals surface area contributed by atoms with Crippen molar-refractivity contribution in [2.75, 3.05) is 18.4 Å². The number of nitrogens with one attached hydrogen (secondary N) is 2. The van der Waals surface area contributed by atoms with Gasteiger partial charge >= 0.3 is 0 Å². The molecular weight excluding hydrogens is 421 g/mol. The van der Waals surface area contributed by atoms with E-state index in [9.17, 15) is 18.8 Å². The SMILES string of the molecule is O=C(Nc1ccc(C(=O)N2CCC(NC(=O)c3ccc(F)cc3)CC2)cc1)c1ccccc1. The number of hydrogen-bond donors (Lipinski definition) is 2. The van der Waals surface area contributed by atoms with Crippen LogP contribution in [0.25, 0.3) is 0 Å². The lowest BCUT2D eigenvalue weighted by Gasteiger charge is -2.32. The van der Waals surface area contributed by atoms with E-state index in [0.717, 1.165) is 0 Å². The summed E-state index contributed by atoms with van der Waals surface area (Å²) in [5, 5.41) is 5.77. The number of likely N-dealkylation sites (tertiary alicyclic amines) is 1. The summed E-state index contributed by atoms with van der Waals surface area (Å²) < 4.78 is 13.0. The maximum absolute atomic E-state index is 13.0. The minimum Gasteiger partial charge on any atom is -0.349 e. The highest BCUT2D eigenvalue weighted by Crippen LogP contribution is 2.17. The summed E-state index contributed by atoms with van der Waals surface area (Å²) in [6.45, 7) is 1.05. The van der Waals surface area contributed by atoms with Gasteiger partial charge in [0.25, 0.3) is 17.7 Å². The van der Waals surface area contributed by atoms with Crippen LogP contribution in [0.4, 0.5) is 10.1 Å². The average molecular weight is 445 g/mol. The highest BCUT2D eigenvalue weighted by molar-refractivity contribution is 6.04. The molecule has 1 saturated heterocycles. The standard InChI is InChI=1S/C26H24FN3O3/c27-21-10-6-19(7-11-21)25(32)29-23-14-16-30(17-15-23)26(33)20-8-12-22(13-9-20)28-24(31)18-4-2-1-3-5-18/h1-13,23H,14-17H2,(H,28,31)(H,29,32). The summed E-state index contributed by atoms with van der Waals surface area (Å²) in [6.07, 6.45) is 1.29. The normalized spacial score (nSPS) is 13.9. The minimum atomic E-state index is -0.384. The lowest BCUT2D eigenvalue weighted by molar-refractivity contribution is 0.0698. The maximum atomic E-state index is 13.0. The van der Waals surface area contributed by atoms with Gasteiger partial charge in [-0.05, 0) is 73.5 Å². The van der Waals surface area contributed by atoms with E-state index in [1.54, 1.807) is 53.4 Å². The van der Waals surface area contributed by atoms with Gasteiger partial charge in [-0.2, -0.15) is 0 Å². The molecule has 0 aromatic heterocycles. The van der Waals surface area contributed by atoms with Crippen LogP contribution in [0.3, 0.4) is 0 Å². The fourth-order valence-electron chi connectivity index (χ4n) is 3.77. The lowest BCUT2D eigenvalue weighted by atomic mass is 10.0. The number of carbonyl (C=O) groups excluding carboxylic acids is 3. The monoisotopic (exact) mass is 445 g/mol. The Balaban J connectivity index is 1.28. The van der Waals surface area contributed by atoms with Crippen molar-refractivity contribution in [3.63, 3.8) is 0 Å². The molecule has 0 atom stereocenters. The summed E-state index contributed by atoms with van der Waals surface area (Å²) in [5.74, 6) is -0.920. The van der Waals surface area contributed by atoms with Crippen molar-refractivity contribution in [3.05, 3.63) is 101 Å². The first-order valence-electron chi connectivity index (χ1n) is 10.8. The van der Waals surface area contributed by atoms with Gasteiger partial charge in [0.05, 0.1) is 0 Å². The first-order valence-corrected chi connectivity index (χ1v) is 10.8. The highest BCUT2D eigenvalue weighted by atomic mass is 19.1. The second kappa shape index (κ2) is 10.1. The fourth-order valence-corrected chi connectivity index (χ4v) is 3.77. The molecule has 0 aliphatic carbocycles. The molecule has 3 amide bonds. The maximum Gasteiger partial charge on any atom is 0.255 e. The van der Waals surface area contributed by atoms with E-state index >= 15 is 0 Å². The van der Waals surface area contributed by atoms with Crippen LogP contribution in [0, 0.1) is 5.82 Å². The predicted molar refractivity (Wildman–Crippen MR) is 124 cm³/mol. The van der Waals surface area contributed by atoms with Gasteiger partial charge < -0.3 is 15.5 Å². The molecule has 1 heterocycles. The van der Waals surface area contributed by atoms with Gasteiger partial charge in [-0.3, -0.25) is 14.4 Å². The van der Waals surface area contributed by atoms with E-state index in [4.69, 9.17) is 0 Å². The third kappa shape index (κ3) is 5.63. The van der Waals surface area contributed by atoms with Crippen molar-refractivity contribution >= 4 is 23.4 Å². The van der Waals surface area contributed by atoms with Crippen molar-refractivity contribution in [3.8, 4) is 0 Å². The molecule has 1 fully saturated rings. The largest absolute Gasteiger partial charge is 0.349 e. The number of anilines is 1. The molecule has 0 radical (unpaired) electrons. The molecule has 0 saturated carbocycles. The molecule has 0 bridgehead atoms. The molecule has 1 aliphatic rings. The van der Waals surface area contributed by atoms with Crippen LogP contribution >= 0.6 is 0 Å². The quantitative estimate of drug-likeness (QED) is 0.620. The zero-order valence-electron chi connectivity index (χ0n) is 18.0. The second-order valence-corrected chi connectivity index (χ2v) is 7.94. The van der Waals surface area contributed by atoms with Crippen LogP contribution in [0.1, 0.15) is 43.9 Å². The summed E-state index contributed by atoms with van der Waals surface area (Å²) in [6, 6.07) is 21.1. The van der Waals surface area contributed by atoms with Gasteiger partial charge in [0.1, 0.15) is 5.82 Å². The van der Waals surface area contributed by atoms with Crippen LogP contribution in [0.15, 0.2) is 78.9 Å². The number of carbonyl (C=O) groups is 3. The topological polar surface area (TPSA) is 78.5 Å². The minimum absolute atomic E-state index is 0.0396. The van der Waals surface area contributed by atoms with E-state index in [0.29, 0.717) is 48.3 Å². The van der Waals surface area contributed by atoms with Gasteiger partial charge in [-0.1, -0.05) is 18.2 Å². The van der Waals surface area contributed by atoms with Crippen molar-refractivity contribution in [2.24, 2.45) is 0 Å². The molecule has 33 heavy (non-hydrogen) atoms. The van der Waals surface area contributed by atoms with Gasteiger partial charge in [-0.15, -0.1) is 0 Å².